The van der Waals surface area contributed by atoms with E-state index in [1.165, 1.54) is 0 Å². The number of allylic oxidation sites excluding steroid dienone is 1. The molecule has 0 aliphatic heterocycles. The van der Waals surface area contributed by atoms with Crippen molar-refractivity contribution in [3.8, 4) is 11.8 Å². The lowest BCUT2D eigenvalue weighted by Crippen LogP contribution is -2.29. The van der Waals surface area contributed by atoms with Crippen molar-refractivity contribution < 1.29 is 4.57 Å². The highest BCUT2D eigenvalue weighted by Gasteiger charge is 2.09. The van der Waals surface area contributed by atoms with Gasteiger partial charge in [-0.2, -0.15) is 9.83 Å². The van der Waals surface area contributed by atoms with Gasteiger partial charge in [0.2, 0.25) is 0 Å². The number of imidazole rings is 1. The zero-order chi connectivity index (χ0) is 11.4. The summed E-state index contributed by atoms with van der Waals surface area (Å²) in [6, 6.07) is 11.7. The lowest BCUT2D eigenvalue weighted by Gasteiger charge is -1.92. The number of rotatable bonds is 2. The maximum absolute atomic E-state index is 8.76. The molecule has 0 amide bonds. The van der Waals surface area contributed by atoms with Crippen LogP contribution in [0, 0.1) is 16.7 Å². The van der Waals surface area contributed by atoms with Crippen LogP contribution < -0.4 is 4.57 Å². The first-order chi connectivity index (χ1) is 7.85. The molecule has 0 aliphatic carbocycles. The SMILES string of the molecule is N#CC(=C=N)[n+]1ccn(-c2ccccc2)c1. The van der Waals surface area contributed by atoms with Gasteiger partial charge in [-0.15, -0.1) is 0 Å². The van der Waals surface area contributed by atoms with Crippen LogP contribution in [0.5, 0.6) is 0 Å². The molecule has 2 aromatic rings. The second-order valence-electron chi connectivity index (χ2n) is 3.15. The first kappa shape index (κ1) is 9.91. The van der Waals surface area contributed by atoms with Gasteiger partial charge in [-0.05, 0) is 12.1 Å². The number of nitriles is 1. The molecule has 0 unspecified atom stereocenters. The number of hydrogen-bond acceptors (Lipinski definition) is 2. The van der Waals surface area contributed by atoms with Crippen molar-refractivity contribution in [2.45, 2.75) is 0 Å². The van der Waals surface area contributed by atoms with Crippen LogP contribution in [0.4, 0.5) is 0 Å². The summed E-state index contributed by atoms with van der Waals surface area (Å²) in [5.74, 6) is 2.09. The van der Waals surface area contributed by atoms with Gasteiger partial charge in [-0.3, -0.25) is 5.41 Å². The second-order valence-corrected chi connectivity index (χ2v) is 3.15. The lowest BCUT2D eigenvalue weighted by atomic mass is 10.3. The van der Waals surface area contributed by atoms with E-state index in [1.54, 1.807) is 17.1 Å². The van der Waals surface area contributed by atoms with Crippen LogP contribution in [-0.4, -0.2) is 10.4 Å². The molecule has 1 aromatic carbocycles. The van der Waals surface area contributed by atoms with Gasteiger partial charge in [0.25, 0.3) is 12.0 Å². The van der Waals surface area contributed by atoms with Gasteiger partial charge in [0, 0.05) is 5.87 Å². The van der Waals surface area contributed by atoms with Gasteiger partial charge in [0.05, 0.1) is 0 Å². The Bertz CT molecular complexity index is 583. The molecule has 0 bridgehead atoms. The molecule has 2 rings (SSSR count). The normalized spacial score (nSPS) is 9.19. The molecule has 0 radical (unpaired) electrons. The second kappa shape index (κ2) is 4.26. The van der Waals surface area contributed by atoms with E-state index in [0.717, 1.165) is 5.69 Å². The average Bonchev–Trinajstić information content (AvgIpc) is 2.81. The first-order valence-electron chi connectivity index (χ1n) is 4.70. The summed E-state index contributed by atoms with van der Waals surface area (Å²) in [7, 11) is 0. The van der Waals surface area contributed by atoms with Crippen molar-refractivity contribution in [2.75, 3.05) is 0 Å². The number of nitrogens with one attached hydrogen (secondary N) is 1. The summed E-state index contributed by atoms with van der Waals surface area (Å²) < 4.78 is 3.43. The maximum Gasteiger partial charge on any atom is 0.271 e. The van der Waals surface area contributed by atoms with Crippen molar-refractivity contribution >= 4 is 11.6 Å². The lowest BCUT2D eigenvalue weighted by molar-refractivity contribution is -0.575. The third kappa shape index (κ3) is 1.76. The smallest absolute Gasteiger partial charge is 0.254 e. The molecule has 1 aromatic heterocycles. The third-order valence-electron chi connectivity index (χ3n) is 2.17. The molecular weight excluding hydrogens is 200 g/mol. The Morgan fingerprint density at radius 1 is 1.31 bits per heavy atom. The zero-order valence-electron chi connectivity index (χ0n) is 8.46. The molecule has 0 spiro atoms. The Balaban J connectivity index is 2.42. The fourth-order valence-corrected chi connectivity index (χ4v) is 1.39. The van der Waals surface area contributed by atoms with E-state index < -0.39 is 0 Å². The number of benzene rings is 1. The van der Waals surface area contributed by atoms with E-state index in [-0.39, 0.29) is 5.70 Å². The van der Waals surface area contributed by atoms with Gasteiger partial charge in [0.15, 0.2) is 6.07 Å². The van der Waals surface area contributed by atoms with Gasteiger partial charge >= 0.3 is 0 Å². The van der Waals surface area contributed by atoms with Crippen molar-refractivity contribution in [1.29, 1.82) is 10.7 Å². The highest BCUT2D eigenvalue weighted by molar-refractivity contribution is 5.80. The molecule has 1 N–H and O–H groups in total. The van der Waals surface area contributed by atoms with Crippen molar-refractivity contribution in [3.05, 3.63) is 49.1 Å². The van der Waals surface area contributed by atoms with Crippen LogP contribution in [-0.2, 0) is 0 Å². The number of nitrogens with zero attached hydrogens (tertiary/aromatic N) is 3. The van der Waals surface area contributed by atoms with Gasteiger partial charge in [-0.1, -0.05) is 18.2 Å². The Kier molecular flexibility index (Phi) is 2.64. The minimum Gasteiger partial charge on any atom is -0.254 e. The fourth-order valence-electron chi connectivity index (χ4n) is 1.39. The number of para-hydroxylation sites is 1. The van der Waals surface area contributed by atoms with Crippen molar-refractivity contribution in [3.63, 3.8) is 0 Å². The van der Waals surface area contributed by atoms with E-state index in [4.69, 9.17) is 10.7 Å². The topological polar surface area (TPSA) is 56.5 Å². The summed E-state index contributed by atoms with van der Waals surface area (Å²) in [5.41, 5.74) is 1.17. The van der Waals surface area contributed by atoms with Crippen molar-refractivity contribution in [1.82, 2.24) is 4.57 Å². The van der Waals surface area contributed by atoms with E-state index in [1.807, 2.05) is 47.2 Å². The Labute approximate surface area is 92.8 Å². The van der Waals surface area contributed by atoms with Crippen LogP contribution in [0.25, 0.3) is 11.4 Å². The molecule has 4 heteroatoms. The largest absolute Gasteiger partial charge is 0.271 e. The molecule has 0 aliphatic rings. The maximum atomic E-state index is 8.76. The summed E-state index contributed by atoms with van der Waals surface area (Å²) in [5, 5.41) is 15.7. The molecule has 1 heterocycles. The van der Waals surface area contributed by atoms with Crippen LogP contribution in [0.1, 0.15) is 0 Å². The molecular formula is C12H9N4+. The average molecular weight is 209 g/mol. The predicted molar refractivity (Wildman–Crippen MR) is 59.0 cm³/mol. The minimum absolute atomic E-state index is 0.162. The van der Waals surface area contributed by atoms with Crippen LogP contribution in [0.3, 0.4) is 0 Å². The molecule has 0 fully saturated rings. The van der Waals surface area contributed by atoms with Crippen LogP contribution in [0.2, 0.25) is 0 Å². The molecule has 76 valence electrons. The molecule has 16 heavy (non-hydrogen) atoms. The van der Waals surface area contributed by atoms with Crippen LogP contribution in [0.15, 0.2) is 49.1 Å². The summed E-state index contributed by atoms with van der Waals surface area (Å²) in [6.07, 6.45) is 5.27. The Hall–Kier alpha value is -2.63. The third-order valence-corrected chi connectivity index (χ3v) is 2.17. The minimum atomic E-state index is 0.162. The molecule has 0 atom stereocenters. The van der Waals surface area contributed by atoms with Gasteiger partial charge < -0.3 is 0 Å². The van der Waals surface area contributed by atoms with Crippen LogP contribution >= 0.6 is 0 Å². The number of aromatic nitrogens is 2. The fraction of sp³-hybridized carbons (Fsp3) is 0. The predicted octanol–water partition coefficient (Wildman–Crippen LogP) is 1.38. The van der Waals surface area contributed by atoms with Gasteiger partial charge in [-0.25, -0.2) is 4.57 Å². The highest BCUT2D eigenvalue weighted by atomic mass is 15.1. The number of hydrogen-bond donors (Lipinski definition) is 1. The van der Waals surface area contributed by atoms with E-state index >= 15 is 0 Å². The van der Waals surface area contributed by atoms with Crippen molar-refractivity contribution in [2.24, 2.45) is 0 Å². The Morgan fingerprint density at radius 3 is 2.69 bits per heavy atom. The summed E-state index contributed by atoms with van der Waals surface area (Å²) in [4.78, 5) is 0. The zero-order valence-corrected chi connectivity index (χ0v) is 8.46. The molecule has 4 nitrogen and oxygen atoms in total. The molecule has 0 saturated heterocycles. The molecule has 0 saturated carbocycles. The van der Waals surface area contributed by atoms with E-state index in [0.29, 0.717) is 0 Å². The quantitative estimate of drug-likeness (QED) is 0.453. The van der Waals surface area contributed by atoms with Gasteiger partial charge in [0.1, 0.15) is 18.1 Å². The van der Waals surface area contributed by atoms with E-state index in [9.17, 15) is 0 Å². The Morgan fingerprint density at radius 2 is 2.06 bits per heavy atom. The summed E-state index contributed by atoms with van der Waals surface area (Å²) in [6.45, 7) is 0. The monoisotopic (exact) mass is 209 g/mol. The first-order valence-corrected chi connectivity index (χ1v) is 4.70. The summed E-state index contributed by atoms with van der Waals surface area (Å²) >= 11 is 0. The standard InChI is InChI=1S/C12H9N4/c13-8-12(9-14)16-7-6-15(10-16)11-4-2-1-3-5-11/h1-7,10,13H/q+1. The van der Waals surface area contributed by atoms with E-state index in [2.05, 4.69) is 5.87 Å². The highest BCUT2D eigenvalue weighted by Crippen LogP contribution is 2.04.